The van der Waals surface area contributed by atoms with Crippen molar-refractivity contribution < 1.29 is 0 Å². The van der Waals surface area contributed by atoms with Gasteiger partial charge in [0, 0.05) is 48.6 Å². The van der Waals surface area contributed by atoms with E-state index in [1.54, 1.807) is 0 Å². The summed E-state index contributed by atoms with van der Waals surface area (Å²) in [5, 5.41) is 1.40. The van der Waals surface area contributed by atoms with Crippen molar-refractivity contribution in [1.29, 1.82) is 0 Å². The molecule has 1 aromatic heterocycles. The highest BCUT2D eigenvalue weighted by Crippen LogP contribution is 2.58. The van der Waals surface area contributed by atoms with Crippen LogP contribution >= 0.6 is 11.3 Å². The van der Waals surface area contributed by atoms with E-state index in [0.717, 1.165) is 6.42 Å². The lowest BCUT2D eigenvalue weighted by atomic mass is 9.36. The summed E-state index contributed by atoms with van der Waals surface area (Å²) in [6.07, 6.45) is 7.09. The summed E-state index contributed by atoms with van der Waals surface area (Å²) in [6.45, 7) is 37.2. The zero-order valence-electron chi connectivity index (χ0n) is 48.2. The molecule has 384 valence electrons. The maximum absolute atomic E-state index is 2.77. The van der Waals surface area contributed by atoms with Gasteiger partial charge in [-0.15, -0.1) is 11.3 Å². The SMILES string of the molecule is Cc1cc2c3c(c1)N(c1ccc4c(c1)C(C)(C)CCC4(C)C)c1c(sc4cc5c(cc14)C(C)(C)CCC5(C)C)B3c1cc3c(cc1N2c1cc2c(cc1-c1ccccc1)C(C)(C)CCC2(C)C)-c1ccccc1C3(C)C. The Morgan fingerprint density at radius 1 is 0.408 bits per heavy atom. The summed E-state index contributed by atoms with van der Waals surface area (Å²) in [7, 11) is 0. The maximum Gasteiger partial charge on any atom is 0.264 e. The van der Waals surface area contributed by atoms with E-state index < -0.39 is 0 Å². The van der Waals surface area contributed by atoms with Gasteiger partial charge < -0.3 is 9.80 Å². The lowest BCUT2D eigenvalue weighted by Gasteiger charge is -2.46. The second-order valence-corrected chi connectivity index (χ2v) is 30.1. The van der Waals surface area contributed by atoms with Crippen LogP contribution in [0.5, 0.6) is 0 Å². The van der Waals surface area contributed by atoms with Gasteiger partial charge in [0.15, 0.2) is 0 Å². The highest BCUT2D eigenvalue weighted by Gasteiger charge is 2.50. The standard InChI is InChI=1S/C72H77BN2S/c1-42-33-60-63-61(34-42)75(58-40-55-53(68(6,7)29-31-70(55,10)11)36-46(58)43-21-17-16-18-22-43)59-38-47-45-23-19-20-24-49(45)72(14,15)51(47)39-57(59)73(63)65-64(48-37-54-56(41-62(48)76-65)71(12,13)32-30-69(54,8)9)74(60)44-25-26-50-52(35-44)67(4,5)28-27-66(50,2)3/h16-26,33-41H,27-32H2,1-15H3. The van der Waals surface area contributed by atoms with Gasteiger partial charge in [-0.3, -0.25) is 0 Å². The Kier molecular flexibility index (Phi) is 9.87. The molecule has 0 atom stereocenters. The summed E-state index contributed by atoms with van der Waals surface area (Å²) < 4.78 is 2.88. The molecule has 2 aliphatic heterocycles. The highest BCUT2D eigenvalue weighted by atomic mass is 32.1. The van der Waals surface area contributed by atoms with Gasteiger partial charge in [-0.2, -0.15) is 0 Å². The molecule has 0 saturated heterocycles. The van der Waals surface area contributed by atoms with Crippen molar-refractivity contribution in [2.75, 3.05) is 9.80 Å². The quantitative estimate of drug-likeness (QED) is 0.163. The van der Waals surface area contributed by atoms with Crippen LogP contribution in [0, 0.1) is 6.92 Å². The van der Waals surface area contributed by atoms with Gasteiger partial charge >= 0.3 is 0 Å². The van der Waals surface area contributed by atoms with E-state index in [1.807, 2.05) is 0 Å². The van der Waals surface area contributed by atoms with Crippen LogP contribution in [0.3, 0.4) is 0 Å². The number of aryl methyl sites for hydroxylation is 1. The van der Waals surface area contributed by atoms with Crippen molar-refractivity contribution >= 4 is 78.0 Å². The molecule has 6 aliphatic rings. The van der Waals surface area contributed by atoms with E-state index >= 15 is 0 Å². The Labute approximate surface area is 459 Å². The average Bonchev–Trinajstić information content (AvgIpc) is 3.86. The number of anilines is 6. The van der Waals surface area contributed by atoms with Crippen LogP contribution < -0.4 is 25.5 Å². The fourth-order valence-electron chi connectivity index (χ4n) is 15.8. The molecule has 0 radical (unpaired) electrons. The van der Waals surface area contributed by atoms with E-state index in [4.69, 9.17) is 0 Å². The Hall–Kier alpha value is -5.84. The molecule has 0 fully saturated rings. The van der Waals surface area contributed by atoms with Crippen LogP contribution in [0.4, 0.5) is 34.1 Å². The van der Waals surface area contributed by atoms with Crippen molar-refractivity contribution in [3.05, 3.63) is 171 Å². The van der Waals surface area contributed by atoms with Crippen LogP contribution in [0.2, 0.25) is 0 Å². The maximum atomic E-state index is 2.77. The fourth-order valence-corrected chi connectivity index (χ4v) is 17.1. The van der Waals surface area contributed by atoms with Crippen LogP contribution in [0.15, 0.2) is 121 Å². The topological polar surface area (TPSA) is 6.48 Å². The Morgan fingerprint density at radius 2 is 0.947 bits per heavy atom. The van der Waals surface area contributed by atoms with Crippen molar-refractivity contribution in [1.82, 2.24) is 0 Å². The zero-order chi connectivity index (χ0) is 53.2. The molecule has 4 aliphatic carbocycles. The van der Waals surface area contributed by atoms with Gasteiger partial charge in [-0.05, 0) is 210 Å². The predicted molar refractivity (Wildman–Crippen MR) is 329 cm³/mol. The minimum absolute atomic E-state index is 0.0166. The summed E-state index contributed by atoms with van der Waals surface area (Å²) in [4.78, 5) is 5.54. The normalized spacial score (nSPS) is 20.6. The lowest BCUT2D eigenvalue weighted by Crippen LogP contribution is -2.60. The highest BCUT2D eigenvalue weighted by molar-refractivity contribution is 7.33. The minimum atomic E-state index is -0.164. The van der Waals surface area contributed by atoms with E-state index in [0.29, 0.717) is 0 Å². The number of rotatable bonds is 3. The third-order valence-corrected chi connectivity index (χ3v) is 22.1. The molecule has 76 heavy (non-hydrogen) atoms. The Balaban J connectivity index is 1.14. The molecule has 0 amide bonds. The van der Waals surface area contributed by atoms with E-state index in [-0.39, 0.29) is 44.6 Å². The molecule has 0 spiro atoms. The first-order chi connectivity index (χ1) is 35.8. The molecule has 8 aromatic rings. The second kappa shape index (κ2) is 15.5. The predicted octanol–water partition coefficient (Wildman–Crippen LogP) is 18.3. The first-order valence-electron chi connectivity index (χ1n) is 28.8. The van der Waals surface area contributed by atoms with Crippen LogP contribution in [-0.4, -0.2) is 6.71 Å². The summed E-state index contributed by atoms with van der Waals surface area (Å²) >= 11 is 2.08. The monoisotopic (exact) mass is 1010 g/mol. The minimum Gasteiger partial charge on any atom is -0.311 e. The van der Waals surface area contributed by atoms with Crippen molar-refractivity contribution in [2.24, 2.45) is 0 Å². The number of hydrogen-bond donors (Lipinski definition) is 0. The van der Waals surface area contributed by atoms with Crippen molar-refractivity contribution in [3.8, 4) is 22.3 Å². The molecular formula is C72H77BN2S. The van der Waals surface area contributed by atoms with Crippen molar-refractivity contribution in [2.45, 2.75) is 180 Å². The molecule has 2 nitrogen and oxygen atoms in total. The number of hydrogen-bond acceptors (Lipinski definition) is 3. The molecule has 7 aromatic carbocycles. The average molecular weight is 1010 g/mol. The Bertz CT molecular complexity index is 3840. The van der Waals surface area contributed by atoms with Gasteiger partial charge in [0.25, 0.3) is 6.71 Å². The van der Waals surface area contributed by atoms with Gasteiger partial charge in [-0.25, -0.2) is 0 Å². The third kappa shape index (κ3) is 6.64. The molecule has 3 heterocycles. The largest absolute Gasteiger partial charge is 0.311 e. The van der Waals surface area contributed by atoms with Gasteiger partial charge in [0.1, 0.15) is 0 Å². The number of benzene rings is 7. The number of fused-ring (bicyclic) bond motifs is 12. The first-order valence-corrected chi connectivity index (χ1v) is 29.6. The molecule has 0 N–H and O–H groups in total. The van der Waals surface area contributed by atoms with Crippen LogP contribution in [-0.2, 0) is 37.9 Å². The molecule has 0 saturated carbocycles. The lowest BCUT2D eigenvalue weighted by molar-refractivity contribution is 0.332. The summed E-state index contributed by atoms with van der Waals surface area (Å²) in [6, 6.07) is 49.3. The molecule has 0 unspecified atom stereocenters. The Morgan fingerprint density at radius 3 is 1.59 bits per heavy atom. The van der Waals surface area contributed by atoms with Gasteiger partial charge in [-0.1, -0.05) is 164 Å². The second-order valence-electron chi connectivity index (χ2n) is 29.0. The fraction of sp³-hybridized carbons (Fsp3) is 0.389. The van der Waals surface area contributed by atoms with Crippen molar-refractivity contribution in [3.63, 3.8) is 0 Å². The van der Waals surface area contributed by atoms with E-state index in [2.05, 4.69) is 246 Å². The summed E-state index contributed by atoms with van der Waals surface area (Å²) in [5.74, 6) is 0. The third-order valence-electron chi connectivity index (χ3n) is 20.9. The smallest absolute Gasteiger partial charge is 0.264 e. The van der Waals surface area contributed by atoms with Gasteiger partial charge in [0.05, 0.1) is 11.4 Å². The molecule has 0 bridgehead atoms. The van der Waals surface area contributed by atoms with Crippen LogP contribution in [0.1, 0.15) is 186 Å². The molecule has 4 heteroatoms. The van der Waals surface area contributed by atoms with E-state index in [1.165, 1.54) is 164 Å². The summed E-state index contributed by atoms with van der Waals surface area (Å²) in [5.41, 5.74) is 29.4. The van der Waals surface area contributed by atoms with Crippen LogP contribution in [0.25, 0.3) is 32.3 Å². The molecule has 14 rings (SSSR count). The molecular weight excluding hydrogens is 936 g/mol. The zero-order valence-corrected chi connectivity index (χ0v) is 49.0. The number of thiophene rings is 1. The van der Waals surface area contributed by atoms with E-state index in [9.17, 15) is 0 Å². The van der Waals surface area contributed by atoms with Gasteiger partial charge in [0.2, 0.25) is 0 Å². The first kappa shape index (κ1) is 48.5. The number of nitrogens with zero attached hydrogens (tertiary/aromatic N) is 2.